The molecule has 1 amide bonds. The molecule has 0 spiro atoms. The van der Waals surface area contributed by atoms with Crippen LogP contribution in [-0.2, 0) is 10.0 Å². The lowest BCUT2D eigenvalue weighted by atomic mass is 10.0. The van der Waals surface area contributed by atoms with Crippen LogP contribution in [0.4, 0.5) is 4.39 Å². The summed E-state index contributed by atoms with van der Waals surface area (Å²) in [6.07, 6.45) is 2.34. The summed E-state index contributed by atoms with van der Waals surface area (Å²) in [7, 11) is -3.66. The number of rotatable bonds is 5. The fraction of sp³-hybridized carbons (Fsp3) is 0.316. The molecular weight excluding hydrogens is 467 g/mol. The summed E-state index contributed by atoms with van der Waals surface area (Å²) in [5, 5.41) is 2.93. The molecule has 28 heavy (non-hydrogen) atoms. The van der Waals surface area contributed by atoms with Crippen molar-refractivity contribution in [3.63, 3.8) is 0 Å². The Labute approximate surface area is 175 Å². The minimum absolute atomic E-state index is 0.0166. The Balaban J connectivity index is 1.59. The summed E-state index contributed by atoms with van der Waals surface area (Å²) in [5.74, 6) is 0.0631. The second-order valence-electron chi connectivity index (χ2n) is 6.88. The van der Waals surface area contributed by atoms with Gasteiger partial charge in [0.15, 0.2) is 0 Å². The maximum atomic E-state index is 13.7. The Kier molecular flexibility index (Phi) is 5.52. The molecule has 1 saturated carbocycles. The average Bonchev–Trinajstić information content (AvgIpc) is 3.45. The quantitative estimate of drug-likeness (QED) is 0.672. The highest BCUT2D eigenvalue weighted by Gasteiger charge is 2.29. The number of hydrogen-bond donors (Lipinski definition) is 2. The lowest BCUT2D eigenvalue weighted by molar-refractivity contribution is 0.0934. The molecule has 9 heteroatoms. The highest BCUT2D eigenvalue weighted by Crippen LogP contribution is 2.37. The van der Waals surface area contributed by atoms with Gasteiger partial charge in [-0.25, -0.2) is 17.5 Å². The molecule has 0 aromatic heterocycles. The van der Waals surface area contributed by atoms with E-state index in [1.54, 1.807) is 23.9 Å². The predicted molar refractivity (Wildman–Crippen MR) is 109 cm³/mol. The Morgan fingerprint density at radius 2 is 1.93 bits per heavy atom. The molecule has 1 unspecified atom stereocenters. The zero-order valence-corrected chi connectivity index (χ0v) is 18.0. The normalized spacial score (nSPS) is 19.1. The molecule has 0 saturated heterocycles. The standard InChI is InChI=1S/C19H18BrFN2O3S2/c20-16-5-4-13(28(25,26)23-12-2-3-12)10-14(16)19(24)22-17-7-8-27-18-6-1-11(21)9-15(17)18/h1,4-6,9-10,12,17,23H,2-3,7-8H2,(H,22,24). The first kappa shape index (κ1) is 19.9. The first-order valence-electron chi connectivity index (χ1n) is 8.88. The molecule has 4 rings (SSSR count). The van der Waals surface area contributed by atoms with Crippen molar-refractivity contribution < 1.29 is 17.6 Å². The number of carbonyl (C=O) groups excluding carboxylic acids is 1. The third kappa shape index (κ3) is 4.27. The van der Waals surface area contributed by atoms with Crippen LogP contribution in [0.25, 0.3) is 0 Å². The maximum Gasteiger partial charge on any atom is 0.252 e. The van der Waals surface area contributed by atoms with Gasteiger partial charge in [-0.3, -0.25) is 4.79 Å². The average molecular weight is 485 g/mol. The Morgan fingerprint density at radius 1 is 1.14 bits per heavy atom. The first-order chi connectivity index (χ1) is 13.3. The Bertz CT molecular complexity index is 1040. The van der Waals surface area contributed by atoms with E-state index >= 15 is 0 Å². The molecule has 2 aliphatic rings. The van der Waals surface area contributed by atoms with E-state index in [1.165, 1.54) is 24.3 Å². The highest BCUT2D eigenvalue weighted by atomic mass is 79.9. The number of benzene rings is 2. The van der Waals surface area contributed by atoms with Gasteiger partial charge in [0, 0.05) is 21.2 Å². The van der Waals surface area contributed by atoms with Gasteiger partial charge in [0.25, 0.3) is 5.91 Å². The van der Waals surface area contributed by atoms with Crippen LogP contribution in [0.2, 0.25) is 0 Å². The van der Waals surface area contributed by atoms with Crippen molar-refractivity contribution in [3.8, 4) is 0 Å². The largest absolute Gasteiger partial charge is 0.345 e. The number of sulfonamides is 1. The van der Waals surface area contributed by atoms with E-state index in [0.717, 1.165) is 29.1 Å². The molecule has 1 fully saturated rings. The van der Waals surface area contributed by atoms with Crippen molar-refractivity contribution in [1.29, 1.82) is 0 Å². The summed E-state index contributed by atoms with van der Waals surface area (Å²) < 4.78 is 41.7. The molecule has 0 bridgehead atoms. The topological polar surface area (TPSA) is 75.3 Å². The van der Waals surface area contributed by atoms with Crippen LogP contribution in [0.15, 0.2) is 50.7 Å². The van der Waals surface area contributed by atoms with Gasteiger partial charge in [-0.1, -0.05) is 0 Å². The fourth-order valence-corrected chi connectivity index (χ4v) is 5.95. The van der Waals surface area contributed by atoms with Gasteiger partial charge in [0.05, 0.1) is 16.5 Å². The first-order valence-corrected chi connectivity index (χ1v) is 12.1. The van der Waals surface area contributed by atoms with Crippen LogP contribution in [-0.4, -0.2) is 26.1 Å². The van der Waals surface area contributed by atoms with Crippen LogP contribution in [0.5, 0.6) is 0 Å². The minimum Gasteiger partial charge on any atom is -0.345 e. The van der Waals surface area contributed by atoms with Gasteiger partial charge in [0.2, 0.25) is 10.0 Å². The molecule has 2 N–H and O–H groups in total. The number of fused-ring (bicyclic) bond motifs is 1. The lowest BCUT2D eigenvalue weighted by Crippen LogP contribution is -2.31. The van der Waals surface area contributed by atoms with Crippen LogP contribution in [0, 0.1) is 5.82 Å². The molecule has 1 atom stereocenters. The number of nitrogens with one attached hydrogen (secondary N) is 2. The zero-order valence-electron chi connectivity index (χ0n) is 14.7. The Morgan fingerprint density at radius 3 is 2.68 bits per heavy atom. The highest BCUT2D eigenvalue weighted by molar-refractivity contribution is 9.10. The van der Waals surface area contributed by atoms with E-state index in [2.05, 4.69) is 26.0 Å². The molecule has 2 aromatic rings. The van der Waals surface area contributed by atoms with Crippen molar-refractivity contribution in [2.45, 2.75) is 41.1 Å². The predicted octanol–water partition coefficient (Wildman–Crippen LogP) is 4.00. The molecule has 0 radical (unpaired) electrons. The summed E-state index contributed by atoms with van der Waals surface area (Å²) in [6, 6.07) is 8.63. The van der Waals surface area contributed by atoms with Gasteiger partial charge in [0.1, 0.15) is 5.82 Å². The van der Waals surface area contributed by atoms with E-state index in [9.17, 15) is 17.6 Å². The lowest BCUT2D eigenvalue weighted by Gasteiger charge is -2.26. The van der Waals surface area contributed by atoms with Crippen molar-refractivity contribution in [1.82, 2.24) is 10.0 Å². The summed E-state index contributed by atoms with van der Waals surface area (Å²) >= 11 is 4.96. The number of halogens is 2. The van der Waals surface area contributed by atoms with Gasteiger partial charge in [-0.05, 0) is 77.2 Å². The van der Waals surface area contributed by atoms with E-state index < -0.39 is 15.9 Å². The van der Waals surface area contributed by atoms with Gasteiger partial charge in [-0.2, -0.15) is 0 Å². The number of hydrogen-bond acceptors (Lipinski definition) is 4. The third-order valence-electron chi connectivity index (χ3n) is 4.71. The van der Waals surface area contributed by atoms with Gasteiger partial charge in [-0.15, -0.1) is 11.8 Å². The van der Waals surface area contributed by atoms with Crippen LogP contribution < -0.4 is 10.0 Å². The second-order valence-corrected chi connectivity index (χ2v) is 10.6. The second kappa shape index (κ2) is 7.78. The smallest absolute Gasteiger partial charge is 0.252 e. The molecule has 148 valence electrons. The van der Waals surface area contributed by atoms with E-state index in [1.807, 2.05) is 0 Å². The number of amides is 1. The SMILES string of the molecule is O=C(NC1CCSc2ccc(F)cc21)c1cc(S(=O)(=O)NC2CC2)ccc1Br. The van der Waals surface area contributed by atoms with E-state index in [4.69, 9.17) is 0 Å². The van der Waals surface area contributed by atoms with Crippen LogP contribution in [0.1, 0.15) is 41.2 Å². The fourth-order valence-electron chi connectivity index (χ4n) is 3.09. The zero-order chi connectivity index (χ0) is 19.9. The Hall–Kier alpha value is -1.42. The maximum absolute atomic E-state index is 13.7. The van der Waals surface area contributed by atoms with Crippen molar-refractivity contribution in [2.75, 3.05) is 5.75 Å². The molecule has 5 nitrogen and oxygen atoms in total. The summed E-state index contributed by atoms with van der Waals surface area (Å²) in [4.78, 5) is 13.9. The molecule has 1 heterocycles. The van der Waals surface area contributed by atoms with Crippen molar-refractivity contribution >= 4 is 43.6 Å². The van der Waals surface area contributed by atoms with Crippen LogP contribution in [0.3, 0.4) is 0 Å². The summed E-state index contributed by atoms with van der Waals surface area (Å²) in [6.45, 7) is 0. The van der Waals surface area contributed by atoms with Gasteiger partial charge >= 0.3 is 0 Å². The minimum atomic E-state index is -3.66. The third-order valence-corrected chi connectivity index (χ3v) is 8.04. The molecule has 1 aliphatic heterocycles. The molecule has 1 aliphatic carbocycles. The summed E-state index contributed by atoms with van der Waals surface area (Å²) in [5.41, 5.74) is 0.981. The van der Waals surface area contributed by atoms with Crippen molar-refractivity contribution in [2.24, 2.45) is 0 Å². The van der Waals surface area contributed by atoms with E-state index in [-0.39, 0.29) is 28.4 Å². The number of carbonyl (C=O) groups is 1. The number of thioether (sulfide) groups is 1. The molecular formula is C19H18BrFN2O3S2. The van der Waals surface area contributed by atoms with Crippen molar-refractivity contribution in [3.05, 3.63) is 57.8 Å². The van der Waals surface area contributed by atoms with E-state index in [0.29, 0.717) is 10.9 Å². The molecule has 2 aromatic carbocycles. The monoisotopic (exact) mass is 484 g/mol. The van der Waals surface area contributed by atoms with Gasteiger partial charge < -0.3 is 5.32 Å². The van der Waals surface area contributed by atoms with Crippen LogP contribution >= 0.6 is 27.7 Å².